The first-order chi connectivity index (χ1) is 7.76. The number of aliphatic hydroxyl groups excluding tert-OH is 1. The molecule has 1 aromatic rings. The van der Waals surface area contributed by atoms with Crippen molar-refractivity contribution >= 4 is 5.91 Å². The maximum absolute atomic E-state index is 10.9. The normalized spacial score (nSPS) is 9.88. The van der Waals surface area contributed by atoms with Crippen molar-refractivity contribution < 1.29 is 14.6 Å². The molecule has 0 heterocycles. The fourth-order valence-electron chi connectivity index (χ4n) is 1.18. The van der Waals surface area contributed by atoms with Crippen LogP contribution in [0.5, 0.6) is 5.75 Å². The van der Waals surface area contributed by atoms with Gasteiger partial charge in [-0.1, -0.05) is 19.1 Å². The SMILES string of the molecule is CCC(=O)NCCOc1ccc(CO)cc1. The molecular formula is C12H17NO3. The van der Waals surface area contributed by atoms with E-state index in [0.717, 1.165) is 11.3 Å². The Hall–Kier alpha value is -1.55. The molecular weight excluding hydrogens is 206 g/mol. The van der Waals surface area contributed by atoms with Crippen molar-refractivity contribution in [2.75, 3.05) is 13.2 Å². The Kier molecular flexibility index (Phi) is 5.36. The molecule has 1 rings (SSSR count). The molecule has 0 radical (unpaired) electrons. The third kappa shape index (κ3) is 4.31. The van der Waals surface area contributed by atoms with Gasteiger partial charge in [0, 0.05) is 6.42 Å². The molecule has 16 heavy (non-hydrogen) atoms. The number of ether oxygens (including phenoxy) is 1. The molecule has 0 aliphatic rings. The summed E-state index contributed by atoms with van der Waals surface area (Å²) in [6.45, 7) is 2.80. The molecule has 0 spiro atoms. The fraction of sp³-hybridized carbons (Fsp3) is 0.417. The molecule has 0 bridgehead atoms. The number of carbonyl (C=O) groups is 1. The van der Waals surface area contributed by atoms with Crippen LogP contribution in [0, 0.1) is 0 Å². The summed E-state index contributed by atoms with van der Waals surface area (Å²) in [6.07, 6.45) is 0.491. The molecule has 88 valence electrons. The zero-order valence-corrected chi connectivity index (χ0v) is 9.40. The Labute approximate surface area is 95.2 Å². The lowest BCUT2D eigenvalue weighted by Crippen LogP contribution is -2.27. The van der Waals surface area contributed by atoms with Gasteiger partial charge in [0.05, 0.1) is 13.2 Å². The van der Waals surface area contributed by atoms with E-state index in [1.54, 1.807) is 24.3 Å². The highest BCUT2D eigenvalue weighted by Gasteiger charge is 1.97. The van der Waals surface area contributed by atoms with Crippen LogP contribution in [0.1, 0.15) is 18.9 Å². The van der Waals surface area contributed by atoms with Gasteiger partial charge < -0.3 is 15.2 Å². The molecule has 1 aromatic carbocycles. The quantitative estimate of drug-likeness (QED) is 0.710. The van der Waals surface area contributed by atoms with E-state index in [2.05, 4.69) is 5.32 Å². The summed E-state index contributed by atoms with van der Waals surface area (Å²) in [5.41, 5.74) is 0.853. The van der Waals surface area contributed by atoms with Crippen LogP contribution in [-0.4, -0.2) is 24.2 Å². The van der Waals surface area contributed by atoms with Crippen LogP contribution < -0.4 is 10.1 Å². The van der Waals surface area contributed by atoms with E-state index in [-0.39, 0.29) is 12.5 Å². The molecule has 0 fully saturated rings. The van der Waals surface area contributed by atoms with Gasteiger partial charge in [0.1, 0.15) is 12.4 Å². The molecule has 4 heteroatoms. The molecule has 0 saturated heterocycles. The van der Waals surface area contributed by atoms with Gasteiger partial charge >= 0.3 is 0 Å². The molecule has 4 nitrogen and oxygen atoms in total. The number of carbonyl (C=O) groups excluding carboxylic acids is 1. The van der Waals surface area contributed by atoms with Crippen molar-refractivity contribution in [2.24, 2.45) is 0 Å². The first kappa shape index (κ1) is 12.5. The van der Waals surface area contributed by atoms with E-state index in [1.807, 2.05) is 6.92 Å². The largest absolute Gasteiger partial charge is 0.492 e. The second-order valence-corrected chi connectivity index (χ2v) is 3.35. The second-order valence-electron chi connectivity index (χ2n) is 3.35. The minimum absolute atomic E-state index is 0.0271. The van der Waals surface area contributed by atoms with Crippen molar-refractivity contribution in [1.82, 2.24) is 5.32 Å². The topological polar surface area (TPSA) is 58.6 Å². The van der Waals surface area contributed by atoms with E-state index in [0.29, 0.717) is 19.6 Å². The minimum atomic E-state index is 0.0271. The standard InChI is InChI=1S/C12H17NO3/c1-2-12(15)13-7-8-16-11-5-3-10(9-14)4-6-11/h3-6,14H,2,7-9H2,1H3,(H,13,15). The lowest BCUT2D eigenvalue weighted by Gasteiger charge is -2.07. The van der Waals surface area contributed by atoms with Crippen LogP contribution in [0.2, 0.25) is 0 Å². The van der Waals surface area contributed by atoms with E-state index < -0.39 is 0 Å². The number of amides is 1. The van der Waals surface area contributed by atoms with Crippen molar-refractivity contribution in [3.63, 3.8) is 0 Å². The van der Waals surface area contributed by atoms with Gasteiger partial charge in [-0.2, -0.15) is 0 Å². The molecule has 2 N–H and O–H groups in total. The van der Waals surface area contributed by atoms with Crippen molar-refractivity contribution in [3.05, 3.63) is 29.8 Å². The number of hydrogen-bond acceptors (Lipinski definition) is 3. The monoisotopic (exact) mass is 223 g/mol. The summed E-state index contributed by atoms with van der Waals surface area (Å²) in [5, 5.41) is 11.6. The average molecular weight is 223 g/mol. The summed E-state index contributed by atoms with van der Waals surface area (Å²) in [4.78, 5) is 10.9. The highest BCUT2D eigenvalue weighted by Crippen LogP contribution is 2.11. The number of rotatable bonds is 6. The van der Waals surface area contributed by atoms with Crippen LogP contribution in [0.25, 0.3) is 0 Å². The lowest BCUT2D eigenvalue weighted by atomic mass is 10.2. The maximum atomic E-state index is 10.9. The van der Waals surface area contributed by atoms with Gasteiger partial charge in [0.15, 0.2) is 0 Å². The van der Waals surface area contributed by atoms with Crippen LogP contribution in [-0.2, 0) is 11.4 Å². The Bertz CT molecular complexity index is 322. The van der Waals surface area contributed by atoms with Gasteiger partial charge in [-0.3, -0.25) is 4.79 Å². The molecule has 0 aliphatic heterocycles. The van der Waals surface area contributed by atoms with E-state index in [4.69, 9.17) is 9.84 Å². The third-order valence-corrected chi connectivity index (χ3v) is 2.12. The smallest absolute Gasteiger partial charge is 0.219 e. The van der Waals surface area contributed by atoms with Gasteiger partial charge in [-0.05, 0) is 17.7 Å². The van der Waals surface area contributed by atoms with Gasteiger partial charge in [0.25, 0.3) is 0 Å². The predicted molar refractivity (Wildman–Crippen MR) is 61.2 cm³/mol. The fourth-order valence-corrected chi connectivity index (χ4v) is 1.18. The predicted octanol–water partition coefficient (Wildman–Crippen LogP) is 1.08. The molecule has 0 saturated carbocycles. The number of aliphatic hydroxyl groups is 1. The summed E-state index contributed by atoms with van der Waals surface area (Å²) in [6, 6.07) is 7.21. The highest BCUT2D eigenvalue weighted by molar-refractivity contribution is 5.75. The van der Waals surface area contributed by atoms with E-state index in [9.17, 15) is 4.79 Å². The molecule has 0 aliphatic carbocycles. The second kappa shape index (κ2) is 6.85. The summed E-state index contributed by atoms with van der Waals surface area (Å²) >= 11 is 0. The van der Waals surface area contributed by atoms with Crippen LogP contribution in [0.3, 0.4) is 0 Å². The summed E-state index contributed by atoms with van der Waals surface area (Å²) in [7, 11) is 0. The Morgan fingerprint density at radius 1 is 1.38 bits per heavy atom. The van der Waals surface area contributed by atoms with Crippen LogP contribution in [0.4, 0.5) is 0 Å². The minimum Gasteiger partial charge on any atom is -0.492 e. The van der Waals surface area contributed by atoms with Crippen LogP contribution >= 0.6 is 0 Å². The average Bonchev–Trinajstić information content (AvgIpc) is 2.35. The van der Waals surface area contributed by atoms with Gasteiger partial charge in [-0.25, -0.2) is 0 Å². The van der Waals surface area contributed by atoms with E-state index in [1.165, 1.54) is 0 Å². The van der Waals surface area contributed by atoms with Gasteiger partial charge in [0.2, 0.25) is 5.91 Å². The Balaban J connectivity index is 2.24. The first-order valence-electron chi connectivity index (χ1n) is 5.35. The van der Waals surface area contributed by atoms with Crippen molar-refractivity contribution in [3.8, 4) is 5.75 Å². The number of hydrogen-bond donors (Lipinski definition) is 2. The summed E-state index contributed by atoms with van der Waals surface area (Å²) < 4.78 is 5.40. The summed E-state index contributed by atoms with van der Waals surface area (Å²) in [5.74, 6) is 0.766. The van der Waals surface area contributed by atoms with Crippen molar-refractivity contribution in [1.29, 1.82) is 0 Å². The zero-order valence-electron chi connectivity index (χ0n) is 9.40. The first-order valence-corrected chi connectivity index (χ1v) is 5.35. The third-order valence-electron chi connectivity index (χ3n) is 2.12. The van der Waals surface area contributed by atoms with E-state index >= 15 is 0 Å². The maximum Gasteiger partial charge on any atom is 0.219 e. The molecule has 0 aromatic heterocycles. The van der Waals surface area contributed by atoms with Crippen LogP contribution in [0.15, 0.2) is 24.3 Å². The van der Waals surface area contributed by atoms with Crippen molar-refractivity contribution in [2.45, 2.75) is 20.0 Å². The zero-order chi connectivity index (χ0) is 11.8. The molecule has 0 atom stereocenters. The number of benzene rings is 1. The Morgan fingerprint density at radius 2 is 2.06 bits per heavy atom. The molecule has 0 unspecified atom stereocenters. The number of nitrogens with one attached hydrogen (secondary N) is 1. The molecule has 1 amide bonds. The highest BCUT2D eigenvalue weighted by atomic mass is 16.5. The van der Waals surface area contributed by atoms with Gasteiger partial charge in [-0.15, -0.1) is 0 Å². The Morgan fingerprint density at radius 3 is 2.62 bits per heavy atom. The lowest BCUT2D eigenvalue weighted by molar-refractivity contribution is -0.120.